The molecule has 24 heavy (non-hydrogen) atoms. The third-order valence-corrected chi connectivity index (χ3v) is 4.99. The van der Waals surface area contributed by atoms with Gasteiger partial charge in [0.2, 0.25) is 5.91 Å². The number of hydrogen-bond donors (Lipinski definition) is 0. The molecule has 3 rings (SSSR count). The highest BCUT2D eigenvalue weighted by atomic mass is 16.2. The lowest BCUT2D eigenvalue weighted by Gasteiger charge is -2.34. The summed E-state index contributed by atoms with van der Waals surface area (Å²) < 4.78 is 0. The molecule has 1 aromatic heterocycles. The summed E-state index contributed by atoms with van der Waals surface area (Å²) in [7, 11) is 0. The fourth-order valence-electron chi connectivity index (χ4n) is 3.23. The molecule has 3 heterocycles. The number of piperidine rings is 1. The van der Waals surface area contributed by atoms with Crippen LogP contribution in [0.1, 0.15) is 37.2 Å². The molecule has 2 aliphatic rings. The molecule has 0 aromatic carbocycles. The zero-order valence-corrected chi connectivity index (χ0v) is 14.4. The van der Waals surface area contributed by atoms with E-state index >= 15 is 0 Å². The molecule has 0 N–H and O–H groups in total. The fourth-order valence-corrected chi connectivity index (χ4v) is 3.23. The third-order valence-electron chi connectivity index (χ3n) is 4.99. The van der Waals surface area contributed by atoms with E-state index in [4.69, 9.17) is 0 Å². The maximum Gasteiger partial charge on any atom is 0.274 e. The minimum atomic E-state index is -0.107. The van der Waals surface area contributed by atoms with E-state index in [1.165, 1.54) is 12.8 Å². The Morgan fingerprint density at radius 1 is 0.958 bits per heavy atom. The summed E-state index contributed by atoms with van der Waals surface area (Å²) in [6, 6.07) is 3.65. The number of rotatable bonds is 2. The summed E-state index contributed by atoms with van der Waals surface area (Å²) in [6.45, 7) is 8.08. The average molecular weight is 331 g/mol. The molecule has 1 aromatic rings. The van der Waals surface area contributed by atoms with Crippen molar-refractivity contribution in [2.45, 2.75) is 26.7 Å². The van der Waals surface area contributed by atoms with E-state index < -0.39 is 0 Å². The van der Waals surface area contributed by atoms with E-state index in [0.717, 1.165) is 24.8 Å². The molecule has 2 amide bonds. The Bertz CT molecular complexity index is 588. The molecule has 2 aliphatic heterocycles. The lowest BCUT2D eigenvalue weighted by Crippen LogP contribution is -2.50. The van der Waals surface area contributed by atoms with Gasteiger partial charge >= 0.3 is 0 Å². The van der Waals surface area contributed by atoms with Crippen LogP contribution >= 0.6 is 0 Å². The first-order chi connectivity index (χ1) is 11.5. The van der Waals surface area contributed by atoms with Gasteiger partial charge in [0.1, 0.15) is 0 Å². The van der Waals surface area contributed by atoms with Gasteiger partial charge in [-0.15, -0.1) is 10.2 Å². The second-order valence-corrected chi connectivity index (χ2v) is 6.74. The second kappa shape index (κ2) is 7.15. The van der Waals surface area contributed by atoms with E-state index in [9.17, 15) is 9.59 Å². The summed E-state index contributed by atoms with van der Waals surface area (Å²) in [5.74, 6) is 1.56. The molecule has 0 aliphatic carbocycles. The highest BCUT2D eigenvalue weighted by Gasteiger charge is 2.24. The first-order valence-corrected chi connectivity index (χ1v) is 8.68. The smallest absolute Gasteiger partial charge is 0.274 e. The largest absolute Gasteiger partial charge is 0.355 e. The SMILES string of the molecule is CC(=O)N1CCN(C(=O)c2ccc(N3CCC(C)CC3)nn2)CC1. The summed E-state index contributed by atoms with van der Waals surface area (Å²) in [6.07, 6.45) is 2.34. The van der Waals surface area contributed by atoms with Crippen LogP contribution in [0.3, 0.4) is 0 Å². The van der Waals surface area contributed by atoms with Gasteiger partial charge < -0.3 is 14.7 Å². The number of carbonyl (C=O) groups is 2. The number of aromatic nitrogens is 2. The van der Waals surface area contributed by atoms with Gasteiger partial charge in [0.15, 0.2) is 11.5 Å². The van der Waals surface area contributed by atoms with Crippen LogP contribution in [0.4, 0.5) is 5.82 Å². The van der Waals surface area contributed by atoms with Crippen LogP contribution < -0.4 is 4.90 Å². The van der Waals surface area contributed by atoms with Crippen molar-refractivity contribution < 1.29 is 9.59 Å². The lowest BCUT2D eigenvalue weighted by molar-refractivity contribution is -0.130. The van der Waals surface area contributed by atoms with Crippen molar-refractivity contribution in [1.29, 1.82) is 0 Å². The monoisotopic (exact) mass is 331 g/mol. The first-order valence-electron chi connectivity index (χ1n) is 8.68. The van der Waals surface area contributed by atoms with Crippen LogP contribution in [0.25, 0.3) is 0 Å². The van der Waals surface area contributed by atoms with Gasteiger partial charge in [-0.1, -0.05) is 6.92 Å². The normalized spacial score (nSPS) is 19.5. The zero-order chi connectivity index (χ0) is 17.1. The molecule has 2 fully saturated rings. The summed E-state index contributed by atoms with van der Waals surface area (Å²) in [4.78, 5) is 29.6. The standard InChI is InChI=1S/C17H25N5O2/c1-13-5-7-21(8-6-13)16-4-3-15(18-19-16)17(24)22-11-9-20(10-12-22)14(2)23/h3-4,13H,5-12H2,1-2H3. The molecule has 0 saturated carbocycles. The predicted molar refractivity (Wildman–Crippen MR) is 90.8 cm³/mol. The molecule has 0 spiro atoms. The Morgan fingerprint density at radius 2 is 1.58 bits per heavy atom. The van der Waals surface area contributed by atoms with Crippen molar-refractivity contribution >= 4 is 17.6 Å². The Kier molecular flexibility index (Phi) is 4.97. The van der Waals surface area contributed by atoms with E-state index in [-0.39, 0.29) is 11.8 Å². The van der Waals surface area contributed by atoms with Gasteiger partial charge in [0, 0.05) is 46.2 Å². The van der Waals surface area contributed by atoms with E-state index in [1.54, 1.807) is 22.8 Å². The molecule has 2 saturated heterocycles. The number of anilines is 1. The molecular weight excluding hydrogens is 306 g/mol. The number of amides is 2. The highest BCUT2D eigenvalue weighted by molar-refractivity contribution is 5.92. The topological polar surface area (TPSA) is 69.6 Å². The zero-order valence-electron chi connectivity index (χ0n) is 14.4. The quantitative estimate of drug-likeness (QED) is 0.809. The molecule has 130 valence electrons. The van der Waals surface area contributed by atoms with Crippen molar-refractivity contribution in [3.63, 3.8) is 0 Å². The number of piperazine rings is 1. The molecule has 0 unspecified atom stereocenters. The van der Waals surface area contributed by atoms with Gasteiger partial charge in [-0.3, -0.25) is 9.59 Å². The summed E-state index contributed by atoms with van der Waals surface area (Å²) >= 11 is 0. The van der Waals surface area contributed by atoms with Gasteiger partial charge in [-0.05, 0) is 30.9 Å². The van der Waals surface area contributed by atoms with Crippen molar-refractivity contribution in [2.24, 2.45) is 5.92 Å². The Labute approximate surface area is 142 Å². The average Bonchev–Trinajstić information content (AvgIpc) is 2.62. The van der Waals surface area contributed by atoms with Crippen molar-refractivity contribution in [1.82, 2.24) is 20.0 Å². The molecular formula is C17H25N5O2. The Morgan fingerprint density at radius 3 is 2.12 bits per heavy atom. The van der Waals surface area contributed by atoms with Crippen LogP contribution in [-0.2, 0) is 4.79 Å². The van der Waals surface area contributed by atoms with Crippen LogP contribution in [0.2, 0.25) is 0 Å². The van der Waals surface area contributed by atoms with Crippen LogP contribution in [-0.4, -0.2) is 71.1 Å². The van der Waals surface area contributed by atoms with Crippen LogP contribution in [0, 0.1) is 5.92 Å². The molecule has 7 heteroatoms. The molecule has 7 nitrogen and oxygen atoms in total. The van der Waals surface area contributed by atoms with E-state index in [2.05, 4.69) is 22.0 Å². The van der Waals surface area contributed by atoms with E-state index in [0.29, 0.717) is 31.9 Å². The highest BCUT2D eigenvalue weighted by Crippen LogP contribution is 2.21. The molecule has 0 atom stereocenters. The van der Waals surface area contributed by atoms with Crippen molar-refractivity contribution in [3.05, 3.63) is 17.8 Å². The minimum Gasteiger partial charge on any atom is -0.355 e. The fraction of sp³-hybridized carbons (Fsp3) is 0.647. The molecule has 0 radical (unpaired) electrons. The van der Waals surface area contributed by atoms with Gasteiger partial charge in [-0.25, -0.2) is 0 Å². The Hall–Kier alpha value is -2.18. The van der Waals surface area contributed by atoms with Crippen molar-refractivity contribution in [2.75, 3.05) is 44.2 Å². The maximum atomic E-state index is 12.5. The third kappa shape index (κ3) is 3.66. The number of carbonyl (C=O) groups excluding carboxylic acids is 2. The first kappa shape index (κ1) is 16.7. The van der Waals surface area contributed by atoms with Gasteiger partial charge in [0.05, 0.1) is 0 Å². The lowest BCUT2D eigenvalue weighted by atomic mass is 9.99. The van der Waals surface area contributed by atoms with E-state index in [1.807, 2.05) is 6.07 Å². The molecule has 0 bridgehead atoms. The predicted octanol–water partition coefficient (Wildman–Crippen LogP) is 1.02. The van der Waals surface area contributed by atoms with Gasteiger partial charge in [0.25, 0.3) is 5.91 Å². The van der Waals surface area contributed by atoms with Crippen molar-refractivity contribution in [3.8, 4) is 0 Å². The Balaban J connectivity index is 1.59. The second-order valence-electron chi connectivity index (χ2n) is 6.74. The van der Waals surface area contributed by atoms with Crippen LogP contribution in [0.5, 0.6) is 0 Å². The summed E-state index contributed by atoms with van der Waals surface area (Å²) in [5.41, 5.74) is 0.375. The summed E-state index contributed by atoms with van der Waals surface area (Å²) in [5, 5.41) is 8.39. The van der Waals surface area contributed by atoms with Gasteiger partial charge in [-0.2, -0.15) is 0 Å². The number of nitrogens with zero attached hydrogens (tertiary/aromatic N) is 5. The maximum absolute atomic E-state index is 12.5. The minimum absolute atomic E-state index is 0.0575. The van der Waals surface area contributed by atoms with Crippen LogP contribution in [0.15, 0.2) is 12.1 Å². The number of hydrogen-bond acceptors (Lipinski definition) is 5.